The van der Waals surface area contributed by atoms with E-state index in [1.165, 1.54) is 13.8 Å². The molecule has 4 atom stereocenters. The third-order valence-electron chi connectivity index (χ3n) is 3.19. The van der Waals surface area contributed by atoms with Gasteiger partial charge in [0.25, 0.3) is 0 Å². The molecule has 8 heteroatoms. The molecule has 6 nitrogen and oxygen atoms in total. The first-order valence-corrected chi connectivity index (χ1v) is 7.27. The molecule has 0 fully saturated rings. The van der Waals surface area contributed by atoms with Crippen LogP contribution in [0.15, 0.2) is 0 Å². The summed E-state index contributed by atoms with van der Waals surface area (Å²) in [5.41, 5.74) is 8.75. The molecule has 0 saturated heterocycles. The van der Waals surface area contributed by atoms with Crippen molar-refractivity contribution in [1.29, 1.82) is 0 Å². The SMILES string of the molecule is CCC(C)(C(=[N+]=[N-])C(C)(CC)S(=O)[O-])S(=O)[O-]. The van der Waals surface area contributed by atoms with Crippen LogP contribution < -0.4 is 0 Å². The lowest BCUT2D eigenvalue weighted by atomic mass is 9.89. The second kappa shape index (κ2) is 5.97. The Hall–Kier alpha value is -0.400. The first kappa shape index (κ1) is 16.6. The Morgan fingerprint density at radius 2 is 1.41 bits per heavy atom. The van der Waals surface area contributed by atoms with E-state index in [0.29, 0.717) is 0 Å². The number of rotatable bonds is 6. The van der Waals surface area contributed by atoms with Gasteiger partial charge >= 0.3 is 5.71 Å². The average Bonchev–Trinajstić information content (AvgIpc) is 2.28. The maximum absolute atomic E-state index is 11.2. The van der Waals surface area contributed by atoms with Crippen molar-refractivity contribution < 1.29 is 22.3 Å². The zero-order chi connectivity index (χ0) is 13.9. The summed E-state index contributed by atoms with van der Waals surface area (Å²) in [6.07, 6.45) is 0.241. The van der Waals surface area contributed by atoms with Gasteiger partial charge in [-0.05, 0) is 48.9 Å². The Morgan fingerprint density at radius 1 is 1.12 bits per heavy atom. The number of nitrogens with zero attached hydrogens (tertiary/aromatic N) is 2. The normalized spacial score (nSPS) is 21.8. The topological polar surface area (TPSA) is 117 Å². The standard InChI is InChI=1S/C9H18N2O4S2/c1-5-8(3,16(12)13)7(11-10)9(4,6-2)17(14)15/h5-6H2,1-4H3,(H,12,13)(H,14,15)/p-2. The van der Waals surface area contributed by atoms with Crippen LogP contribution in [0.3, 0.4) is 0 Å². The van der Waals surface area contributed by atoms with Crippen LogP contribution in [-0.4, -0.2) is 37.5 Å². The van der Waals surface area contributed by atoms with E-state index >= 15 is 0 Å². The molecule has 0 rings (SSSR count). The van der Waals surface area contributed by atoms with Crippen molar-refractivity contribution >= 4 is 27.9 Å². The molecule has 100 valence electrons. The summed E-state index contributed by atoms with van der Waals surface area (Å²) < 4.78 is 42.0. The molecule has 0 aliphatic carbocycles. The molecule has 4 unspecified atom stereocenters. The molecule has 0 spiro atoms. The Balaban J connectivity index is 5.90. The molecule has 0 aromatic carbocycles. The van der Waals surface area contributed by atoms with Crippen molar-refractivity contribution in [1.82, 2.24) is 0 Å². The molecule has 0 amide bonds. The molecule has 0 aromatic rings. The smallest absolute Gasteiger partial charge is 0.302 e. The van der Waals surface area contributed by atoms with Gasteiger partial charge in [-0.1, -0.05) is 13.8 Å². The molecule has 0 bridgehead atoms. The van der Waals surface area contributed by atoms with Crippen LogP contribution >= 0.6 is 0 Å². The summed E-state index contributed by atoms with van der Waals surface area (Å²) in [5, 5.41) is 0. The fourth-order valence-electron chi connectivity index (χ4n) is 1.50. The van der Waals surface area contributed by atoms with Gasteiger partial charge in [0.05, 0.1) is 0 Å². The molecule has 0 aliphatic rings. The average molecular weight is 280 g/mol. The van der Waals surface area contributed by atoms with E-state index in [1.807, 2.05) is 0 Å². The molecular formula is C9H16N2O4S2-2. The van der Waals surface area contributed by atoms with Crippen molar-refractivity contribution in [3.8, 4) is 0 Å². The first-order valence-electron chi connectivity index (χ1n) is 5.12. The highest BCUT2D eigenvalue weighted by Gasteiger charge is 2.50. The van der Waals surface area contributed by atoms with Gasteiger partial charge in [-0.3, -0.25) is 8.42 Å². The van der Waals surface area contributed by atoms with Gasteiger partial charge < -0.3 is 14.6 Å². The van der Waals surface area contributed by atoms with Crippen LogP contribution in [0.1, 0.15) is 40.5 Å². The lowest BCUT2D eigenvalue weighted by molar-refractivity contribution is -0.0173. The molecule has 0 radical (unpaired) electrons. The van der Waals surface area contributed by atoms with Crippen LogP contribution in [0.2, 0.25) is 0 Å². The predicted molar refractivity (Wildman–Crippen MR) is 63.9 cm³/mol. The summed E-state index contributed by atoms with van der Waals surface area (Å²) in [7, 11) is 0. The van der Waals surface area contributed by atoms with Crippen LogP contribution in [0, 0.1) is 0 Å². The number of hydrogen-bond donors (Lipinski definition) is 0. The molecule has 0 aliphatic heterocycles. The zero-order valence-electron chi connectivity index (χ0n) is 10.3. The van der Waals surface area contributed by atoms with Gasteiger partial charge in [-0.15, -0.1) is 0 Å². The molecule has 0 saturated carbocycles. The number of hydrogen-bond acceptors (Lipinski definition) is 4. The van der Waals surface area contributed by atoms with Crippen molar-refractivity contribution in [2.45, 2.75) is 50.0 Å². The van der Waals surface area contributed by atoms with E-state index in [2.05, 4.69) is 4.79 Å². The van der Waals surface area contributed by atoms with Crippen molar-refractivity contribution in [2.75, 3.05) is 0 Å². The first-order chi connectivity index (χ1) is 7.70. The minimum absolute atomic E-state index is 0.120. The van der Waals surface area contributed by atoms with E-state index in [-0.39, 0.29) is 18.6 Å². The second-order valence-electron chi connectivity index (χ2n) is 4.09. The van der Waals surface area contributed by atoms with Crippen LogP contribution in [0.4, 0.5) is 0 Å². The quantitative estimate of drug-likeness (QED) is 0.309. The Labute approximate surface area is 106 Å². The van der Waals surface area contributed by atoms with Crippen molar-refractivity contribution in [3.05, 3.63) is 5.53 Å². The van der Waals surface area contributed by atoms with Crippen LogP contribution in [0.25, 0.3) is 5.53 Å². The van der Waals surface area contributed by atoms with Crippen LogP contribution in [-0.2, 0) is 22.2 Å². The highest BCUT2D eigenvalue weighted by Crippen LogP contribution is 2.30. The Kier molecular flexibility index (Phi) is 5.83. The summed E-state index contributed by atoms with van der Waals surface area (Å²) in [6, 6.07) is 0. The van der Waals surface area contributed by atoms with Gasteiger partial charge in [0, 0.05) is 0 Å². The Bertz CT molecular complexity index is 364. The monoisotopic (exact) mass is 280 g/mol. The van der Waals surface area contributed by atoms with Gasteiger partial charge in [0.15, 0.2) is 0 Å². The van der Waals surface area contributed by atoms with Gasteiger partial charge in [0.1, 0.15) is 9.49 Å². The van der Waals surface area contributed by atoms with E-state index in [9.17, 15) is 17.5 Å². The highest BCUT2D eigenvalue weighted by molar-refractivity contribution is 7.83. The van der Waals surface area contributed by atoms with Gasteiger partial charge in [-0.2, -0.15) is 4.79 Å². The van der Waals surface area contributed by atoms with Gasteiger partial charge in [0.2, 0.25) is 0 Å². The lowest BCUT2D eigenvalue weighted by Gasteiger charge is -2.35. The van der Waals surface area contributed by atoms with E-state index in [4.69, 9.17) is 5.53 Å². The summed E-state index contributed by atoms with van der Waals surface area (Å²) in [5.74, 6) is 0. The fraction of sp³-hybridized carbons (Fsp3) is 0.889. The minimum Gasteiger partial charge on any atom is -0.771 e. The van der Waals surface area contributed by atoms with E-state index in [0.717, 1.165) is 0 Å². The minimum atomic E-state index is -2.58. The summed E-state index contributed by atoms with van der Waals surface area (Å²) >= 11 is -5.16. The molecular weight excluding hydrogens is 264 g/mol. The molecule has 0 heterocycles. The van der Waals surface area contributed by atoms with E-state index < -0.39 is 31.7 Å². The predicted octanol–water partition coefficient (Wildman–Crippen LogP) is 0.753. The van der Waals surface area contributed by atoms with Crippen LogP contribution in [0.5, 0.6) is 0 Å². The maximum atomic E-state index is 11.2. The molecule has 0 N–H and O–H groups in total. The maximum Gasteiger partial charge on any atom is 0.302 e. The molecule has 0 aromatic heterocycles. The third kappa shape index (κ3) is 2.89. The zero-order valence-corrected chi connectivity index (χ0v) is 11.9. The summed E-state index contributed by atoms with van der Waals surface area (Å²) in [4.78, 5) is 2.95. The largest absolute Gasteiger partial charge is 0.771 e. The Morgan fingerprint density at radius 3 is 1.53 bits per heavy atom. The third-order valence-corrected chi connectivity index (χ3v) is 5.62. The lowest BCUT2D eigenvalue weighted by Crippen LogP contribution is -2.54. The molecule has 17 heavy (non-hydrogen) atoms. The summed E-state index contributed by atoms with van der Waals surface area (Å²) in [6.45, 7) is 5.85. The fourth-order valence-corrected chi connectivity index (χ4v) is 2.88. The van der Waals surface area contributed by atoms with Crippen molar-refractivity contribution in [2.24, 2.45) is 0 Å². The van der Waals surface area contributed by atoms with Gasteiger partial charge in [-0.25, -0.2) is 0 Å². The second-order valence-corrected chi connectivity index (χ2v) is 6.83. The van der Waals surface area contributed by atoms with E-state index in [1.54, 1.807) is 13.8 Å². The highest BCUT2D eigenvalue weighted by atomic mass is 32.2. The van der Waals surface area contributed by atoms with Crippen molar-refractivity contribution in [3.63, 3.8) is 0 Å².